The van der Waals surface area contributed by atoms with Crippen LogP contribution in [0.4, 0.5) is 10.5 Å². The molecule has 1 amide bonds. The molecule has 1 rings (SSSR count). The fourth-order valence-corrected chi connectivity index (χ4v) is 1.23. The van der Waals surface area contributed by atoms with E-state index in [4.69, 9.17) is 11.2 Å². The number of benzene rings is 1. The maximum atomic E-state index is 11.1. The fourth-order valence-electron chi connectivity index (χ4n) is 1.23. The Labute approximate surface area is 95.2 Å². The van der Waals surface area contributed by atoms with Crippen LogP contribution in [0.25, 0.3) is 0 Å². The number of hydrogen-bond acceptors (Lipinski definition) is 3. The van der Waals surface area contributed by atoms with Crippen LogP contribution >= 0.6 is 0 Å². The quantitative estimate of drug-likeness (QED) is 0.781. The minimum atomic E-state index is -0.499. The summed E-state index contributed by atoms with van der Waals surface area (Å²) in [5.74, 6) is 3.02. The third kappa shape index (κ3) is 2.92. The first-order valence-corrected chi connectivity index (χ1v) is 4.82. The highest BCUT2D eigenvalue weighted by atomic mass is 16.6. The van der Waals surface area contributed by atoms with E-state index in [9.17, 15) is 4.79 Å². The van der Waals surface area contributed by atoms with Gasteiger partial charge in [-0.05, 0) is 12.1 Å². The van der Waals surface area contributed by atoms with Gasteiger partial charge in [0.15, 0.2) is 5.75 Å². The van der Waals surface area contributed by atoms with E-state index in [1.807, 2.05) is 24.1 Å². The van der Waals surface area contributed by atoms with Gasteiger partial charge in [0.2, 0.25) is 0 Å². The molecule has 0 heterocycles. The zero-order valence-corrected chi connectivity index (χ0v) is 9.36. The molecule has 0 saturated carbocycles. The number of carbonyl (C=O) groups excluding carboxylic acids is 1. The summed E-state index contributed by atoms with van der Waals surface area (Å²) >= 11 is 0. The molecule has 0 saturated heterocycles. The Morgan fingerprint density at radius 3 is 2.88 bits per heavy atom. The first-order chi connectivity index (χ1) is 7.69. The highest BCUT2D eigenvalue weighted by Gasteiger charge is 2.09. The number of anilines is 1. The van der Waals surface area contributed by atoms with Crippen molar-refractivity contribution in [3.05, 3.63) is 24.3 Å². The summed E-state index contributed by atoms with van der Waals surface area (Å²) in [6.45, 7) is 0.452. The van der Waals surface area contributed by atoms with E-state index in [-0.39, 0.29) is 0 Å². The van der Waals surface area contributed by atoms with Crippen LogP contribution < -0.4 is 15.0 Å². The third-order valence-corrected chi connectivity index (χ3v) is 2.01. The number of carbonyl (C=O) groups is 1. The lowest BCUT2D eigenvalue weighted by Gasteiger charge is -2.19. The molecule has 4 heteroatoms. The second-order valence-corrected chi connectivity index (χ2v) is 3.17. The largest absolute Gasteiger partial charge is 0.412 e. The van der Waals surface area contributed by atoms with Crippen molar-refractivity contribution in [2.24, 2.45) is 0 Å². The van der Waals surface area contributed by atoms with Gasteiger partial charge in [0.1, 0.15) is 0 Å². The van der Waals surface area contributed by atoms with Crippen molar-refractivity contribution >= 4 is 11.8 Å². The summed E-state index contributed by atoms with van der Waals surface area (Å²) < 4.78 is 5.10. The van der Waals surface area contributed by atoms with Crippen LogP contribution in [0, 0.1) is 12.3 Å². The number of amides is 1. The number of nitrogens with one attached hydrogen (secondary N) is 1. The summed E-state index contributed by atoms with van der Waals surface area (Å²) in [4.78, 5) is 13.0. The smallest absolute Gasteiger partial charge is 0.408 e. The van der Waals surface area contributed by atoms with Crippen LogP contribution in [0.5, 0.6) is 5.75 Å². The second kappa shape index (κ2) is 5.66. The van der Waals surface area contributed by atoms with E-state index in [0.717, 1.165) is 5.69 Å². The molecule has 0 aromatic heterocycles. The summed E-state index contributed by atoms with van der Waals surface area (Å²) in [5, 5.41) is 2.39. The lowest BCUT2D eigenvalue weighted by atomic mass is 10.2. The monoisotopic (exact) mass is 218 g/mol. The van der Waals surface area contributed by atoms with Gasteiger partial charge in [-0.25, -0.2) is 4.79 Å². The summed E-state index contributed by atoms with van der Waals surface area (Å²) in [5.41, 5.74) is 0.782. The first kappa shape index (κ1) is 11.9. The van der Waals surface area contributed by atoms with Crippen LogP contribution in [-0.4, -0.2) is 26.7 Å². The summed E-state index contributed by atoms with van der Waals surface area (Å²) in [6, 6.07) is 7.22. The maximum absolute atomic E-state index is 11.1. The molecule has 1 aromatic rings. The number of rotatable bonds is 3. The second-order valence-electron chi connectivity index (χ2n) is 3.17. The van der Waals surface area contributed by atoms with Gasteiger partial charge < -0.3 is 15.0 Å². The molecule has 0 radical (unpaired) electrons. The number of terminal acetylenes is 1. The van der Waals surface area contributed by atoms with Crippen LogP contribution in [0.15, 0.2) is 24.3 Å². The lowest BCUT2D eigenvalue weighted by molar-refractivity contribution is 0.203. The third-order valence-electron chi connectivity index (χ3n) is 2.01. The Kier molecular flexibility index (Phi) is 4.22. The van der Waals surface area contributed by atoms with E-state index < -0.39 is 6.09 Å². The van der Waals surface area contributed by atoms with E-state index in [1.54, 1.807) is 12.1 Å². The van der Waals surface area contributed by atoms with Gasteiger partial charge in [-0.3, -0.25) is 0 Å². The van der Waals surface area contributed by atoms with Gasteiger partial charge >= 0.3 is 6.09 Å². The van der Waals surface area contributed by atoms with Crippen LogP contribution in [-0.2, 0) is 0 Å². The van der Waals surface area contributed by atoms with Gasteiger partial charge in [0, 0.05) is 14.1 Å². The average Bonchev–Trinajstić information content (AvgIpc) is 2.30. The molecule has 1 N–H and O–H groups in total. The predicted molar refractivity (Wildman–Crippen MR) is 63.6 cm³/mol. The highest BCUT2D eigenvalue weighted by Crippen LogP contribution is 2.26. The van der Waals surface area contributed by atoms with E-state index in [1.165, 1.54) is 7.05 Å². The zero-order valence-electron chi connectivity index (χ0n) is 9.36. The summed E-state index contributed by atoms with van der Waals surface area (Å²) in [6.07, 6.45) is 4.73. The van der Waals surface area contributed by atoms with Crippen molar-refractivity contribution in [2.45, 2.75) is 0 Å². The molecule has 0 aliphatic heterocycles. The van der Waals surface area contributed by atoms with Gasteiger partial charge in [-0.2, -0.15) is 0 Å². The Hall–Kier alpha value is -2.15. The topological polar surface area (TPSA) is 41.6 Å². The Bertz CT molecular complexity index is 410. The standard InChI is InChI=1S/C12H14N2O2/c1-4-9-14(3)10-7-5-6-8-11(10)16-12(15)13-2/h1,5-8H,9H2,2-3H3,(H,13,15). The van der Waals surface area contributed by atoms with E-state index >= 15 is 0 Å². The number of nitrogens with zero attached hydrogens (tertiary/aromatic N) is 1. The van der Waals surface area contributed by atoms with Crippen molar-refractivity contribution in [3.63, 3.8) is 0 Å². The lowest BCUT2D eigenvalue weighted by Crippen LogP contribution is -2.24. The molecule has 0 fully saturated rings. The van der Waals surface area contributed by atoms with Gasteiger partial charge in [0.25, 0.3) is 0 Å². The minimum Gasteiger partial charge on any atom is -0.408 e. The maximum Gasteiger partial charge on any atom is 0.412 e. The number of ether oxygens (including phenoxy) is 1. The SMILES string of the molecule is C#CCN(C)c1ccccc1OC(=O)NC. The van der Waals surface area contributed by atoms with Crippen molar-refractivity contribution in [2.75, 3.05) is 25.5 Å². The van der Waals surface area contributed by atoms with Crippen LogP contribution in [0.1, 0.15) is 0 Å². The Morgan fingerprint density at radius 2 is 2.25 bits per heavy atom. The van der Waals surface area contributed by atoms with Gasteiger partial charge in [-0.1, -0.05) is 18.1 Å². The molecule has 0 unspecified atom stereocenters. The molecule has 4 nitrogen and oxygen atoms in total. The molecule has 1 aromatic carbocycles. The minimum absolute atomic E-state index is 0.452. The summed E-state index contributed by atoms with van der Waals surface area (Å²) in [7, 11) is 3.35. The average molecular weight is 218 g/mol. The Morgan fingerprint density at radius 1 is 1.56 bits per heavy atom. The first-order valence-electron chi connectivity index (χ1n) is 4.82. The fraction of sp³-hybridized carbons (Fsp3) is 0.250. The molecule has 0 aliphatic rings. The van der Waals surface area contributed by atoms with Crippen LogP contribution in [0.3, 0.4) is 0 Å². The van der Waals surface area contributed by atoms with Gasteiger partial charge in [-0.15, -0.1) is 6.42 Å². The van der Waals surface area contributed by atoms with Gasteiger partial charge in [0.05, 0.1) is 12.2 Å². The Balaban J connectivity index is 2.92. The molecule has 84 valence electrons. The van der Waals surface area contributed by atoms with E-state index in [2.05, 4.69) is 11.2 Å². The number of hydrogen-bond donors (Lipinski definition) is 1. The van der Waals surface area contributed by atoms with Crippen LogP contribution in [0.2, 0.25) is 0 Å². The molecule has 0 spiro atoms. The molecule has 0 aliphatic carbocycles. The van der Waals surface area contributed by atoms with Crippen molar-refractivity contribution < 1.29 is 9.53 Å². The van der Waals surface area contributed by atoms with Crippen molar-refractivity contribution in [1.82, 2.24) is 5.32 Å². The molecule has 0 bridgehead atoms. The zero-order chi connectivity index (χ0) is 12.0. The number of para-hydroxylation sites is 2. The predicted octanol–water partition coefficient (Wildman–Crippen LogP) is 1.47. The van der Waals surface area contributed by atoms with Crippen molar-refractivity contribution in [1.29, 1.82) is 0 Å². The van der Waals surface area contributed by atoms with Crippen molar-refractivity contribution in [3.8, 4) is 18.1 Å². The molecule has 16 heavy (non-hydrogen) atoms. The highest BCUT2D eigenvalue weighted by molar-refractivity contribution is 5.73. The van der Waals surface area contributed by atoms with E-state index in [0.29, 0.717) is 12.3 Å². The molecular weight excluding hydrogens is 204 g/mol. The normalized spacial score (nSPS) is 9.06. The molecule has 0 atom stereocenters. The molecular formula is C12H14N2O2.